The highest BCUT2D eigenvalue weighted by molar-refractivity contribution is 7.98. The summed E-state index contributed by atoms with van der Waals surface area (Å²) in [7, 11) is 0. The van der Waals surface area contributed by atoms with Crippen LogP contribution in [0.15, 0.2) is 17.2 Å². The molecule has 72 valence electrons. The standard InChI is InChI=1S/C11H17NS/c1-8-6-10(11(2,3)4)12-7-9(8)13-5/h6-7H,1-5H3. The van der Waals surface area contributed by atoms with Gasteiger partial charge in [0.05, 0.1) is 0 Å². The van der Waals surface area contributed by atoms with Gasteiger partial charge in [-0.1, -0.05) is 20.8 Å². The third-order valence-corrected chi connectivity index (χ3v) is 2.92. The lowest BCUT2D eigenvalue weighted by Gasteiger charge is -2.18. The lowest BCUT2D eigenvalue weighted by atomic mass is 9.91. The van der Waals surface area contributed by atoms with Crippen molar-refractivity contribution in [3.8, 4) is 0 Å². The molecule has 13 heavy (non-hydrogen) atoms. The number of hydrogen-bond acceptors (Lipinski definition) is 2. The Kier molecular flexibility index (Phi) is 3.01. The van der Waals surface area contributed by atoms with E-state index in [2.05, 4.69) is 45.0 Å². The Morgan fingerprint density at radius 1 is 1.31 bits per heavy atom. The maximum absolute atomic E-state index is 4.46. The molecule has 0 atom stereocenters. The van der Waals surface area contributed by atoms with Crippen LogP contribution in [0.5, 0.6) is 0 Å². The summed E-state index contributed by atoms with van der Waals surface area (Å²) in [6, 6.07) is 2.19. The molecule has 1 aromatic rings. The van der Waals surface area contributed by atoms with Crippen LogP contribution >= 0.6 is 11.8 Å². The summed E-state index contributed by atoms with van der Waals surface area (Å²) >= 11 is 1.75. The van der Waals surface area contributed by atoms with E-state index in [-0.39, 0.29) is 5.41 Å². The summed E-state index contributed by atoms with van der Waals surface area (Å²) in [5, 5.41) is 0. The van der Waals surface area contributed by atoms with Gasteiger partial charge in [0.1, 0.15) is 0 Å². The quantitative estimate of drug-likeness (QED) is 0.637. The third kappa shape index (κ3) is 2.47. The summed E-state index contributed by atoms with van der Waals surface area (Å²) in [5.74, 6) is 0. The van der Waals surface area contributed by atoms with E-state index in [1.165, 1.54) is 16.2 Å². The van der Waals surface area contributed by atoms with Crippen LogP contribution in [0, 0.1) is 6.92 Å². The molecule has 0 aliphatic carbocycles. The molecule has 1 rings (SSSR count). The van der Waals surface area contributed by atoms with E-state index < -0.39 is 0 Å². The zero-order valence-electron chi connectivity index (χ0n) is 9.01. The highest BCUT2D eigenvalue weighted by atomic mass is 32.2. The summed E-state index contributed by atoms with van der Waals surface area (Å²) in [5.41, 5.74) is 2.65. The lowest BCUT2D eigenvalue weighted by Crippen LogP contribution is -2.13. The maximum atomic E-state index is 4.46. The van der Waals surface area contributed by atoms with Crippen LogP contribution in [0.25, 0.3) is 0 Å². The number of rotatable bonds is 1. The zero-order chi connectivity index (χ0) is 10.1. The molecule has 0 fully saturated rings. The molecule has 2 heteroatoms. The Bertz CT molecular complexity index is 299. The lowest BCUT2D eigenvalue weighted by molar-refractivity contribution is 0.567. The Morgan fingerprint density at radius 2 is 1.92 bits per heavy atom. The van der Waals surface area contributed by atoms with E-state index in [9.17, 15) is 0 Å². The minimum absolute atomic E-state index is 0.154. The number of nitrogens with zero attached hydrogens (tertiary/aromatic N) is 1. The molecule has 0 unspecified atom stereocenters. The molecule has 0 saturated carbocycles. The number of hydrogen-bond donors (Lipinski definition) is 0. The van der Waals surface area contributed by atoms with E-state index >= 15 is 0 Å². The molecule has 0 bridgehead atoms. The summed E-state index contributed by atoms with van der Waals surface area (Å²) in [6.07, 6.45) is 4.06. The molecule has 0 saturated heterocycles. The first-order valence-corrected chi connectivity index (χ1v) is 5.68. The number of aromatic nitrogens is 1. The van der Waals surface area contributed by atoms with E-state index in [4.69, 9.17) is 0 Å². The molecule has 1 aromatic heterocycles. The Morgan fingerprint density at radius 3 is 2.31 bits per heavy atom. The van der Waals surface area contributed by atoms with Gasteiger partial charge in [0.15, 0.2) is 0 Å². The van der Waals surface area contributed by atoms with Gasteiger partial charge >= 0.3 is 0 Å². The smallest absolute Gasteiger partial charge is 0.0460 e. The summed E-state index contributed by atoms with van der Waals surface area (Å²) in [6.45, 7) is 8.71. The zero-order valence-corrected chi connectivity index (χ0v) is 9.83. The molecule has 0 N–H and O–H groups in total. The van der Waals surface area contributed by atoms with Gasteiger partial charge in [0.2, 0.25) is 0 Å². The van der Waals surface area contributed by atoms with Gasteiger partial charge in [-0.2, -0.15) is 0 Å². The molecule has 1 heterocycles. The van der Waals surface area contributed by atoms with Crippen LogP contribution in [0.4, 0.5) is 0 Å². The molecular weight excluding hydrogens is 178 g/mol. The number of pyridine rings is 1. The van der Waals surface area contributed by atoms with Crippen LogP contribution in [-0.2, 0) is 5.41 Å². The van der Waals surface area contributed by atoms with Gasteiger partial charge in [0, 0.05) is 22.2 Å². The van der Waals surface area contributed by atoms with Crippen molar-refractivity contribution in [1.29, 1.82) is 0 Å². The summed E-state index contributed by atoms with van der Waals surface area (Å²) in [4.78, 5) is 5.73. The molecule has 1 nitrogen and oxygen atoms in total. The predicted molar refractivity (Wildman–Crippen MR) is 59.5 cm³/mol. The van der Waals surface area contributed by atoms with Gasteiger partial charge < -0.3 is 0 Å². The van der Waals surface area contributed by atoms with Gasteiger partial charge in [-0.25, -0.2) is 0 Å². The van der Waals surface area contributed by atoms with Crippen LogP contribution in [0.2, 0.25) is 0 Å². The summed E-state index contributed by atoms with van der Waals surface area (Å²) < 4.78 is 0. The van der Waals surface area contributed by atoms with Gasteiger partial charge in [-0.05, 0) is 24.8 Å². The number of aryl methyl sites for hydroxylation is 1. The fourth-order valence-electron chi connectivity index (χ4n) is 1.17. The molecule has 0 aliphatic rings. The highest BCUT2D eigenvalue weighted by Gasteiger charge is 2.15. The van der Waals surface area contributed by atoms with Crippen LogP contribution in [0.3, 0.4) is 0 Å². The Balaban J connectivity index is 3.10. The van der Waals surface area contributed by atoms with E-state index in [1.807, 2.05) is 6.20 Å². The maximum Gasteiger partial charge on any atom is 0.0460 e. The first-order valence-electron chi connectivity index (χ1n) is 4.46. The second kappa shape index (κ2) is 3.70. The van der Waals surface area contributed by atoms with E-state index in [0.29, 0.717) is 0 Å². The van der Waals surface area contributed by atoms with Crippen molar-refractivity contribution < 1.29 is 0 Å². The average molecular weight is 195 g/mol. The third-order valence-electron chi connectivity index (χ3n) is 2.05. The Labute approximate surface area is 85.0 Å². The molecule has 0 radical (unpaired) electrons. The van der Waals surface area contributed by atoms with Crippen molar-refractivity contribution in [2.45, 2.75) is 38.0 Å². The number of thioether (sulfide) groups is 1. The van der Waals surface area contributed by atoms with Crippen molar-refractivity contribution in [3.63, 3.8) is 0 Å². The molecule has 0 aliphatic heterocycles. The normalized spacial score (nSPS) is 11.8. The van der Waals surface area contributed by atoms with Crippen molar-refractivity contribution >= 4 is 11.8 Å². The predicted octanol–water partition coefficient (Wildman–Crippen LogP) is 3.41. The highest BCUT2D eigenvalue weighted by Crippen LogP contribution is 2.25. The minimum atomic E-state index is 0.154. The first-order chi connectivity index (χ1) is 5.95. The second-order valence-electron chi connectivity index (χ2n) is 4.29. The monoisotopic (exact) mass is 195 g/mol. The van der Waals surface area contributed by atoms with E-state index in [1.54, 1.807) is 11.8 Å². The van der Waals surface area contributed by atoms with Crippen LogP contribution in [-0.4, -0.2) is 11.2 Å². The van der Waals surface area contributed by atoms with Crippen molar-refractivity contribution in [1.82, 2.24) is 4.98 Å². The Hall–Kier alpha value is -0.500. The molecule has 0 spiro atoms. The van der Waals surface area contributed by atoms with Crippen LogP contribution < -0.4 is 0 Å². The van der Waals surface area contributed by atoms with Gasteiger partial charge in [0.25, 0.3) is 0 Å². The average Bonchev–Trinajstić information content (AvgIpc) is 2.02. The SMILES string of the molecule is CSc1cnc(C(C)(C)C)cc1C. The van der Waals surface area contributed by atoms with E-state index in [0.717, 1.165) is 0 Å². The second-order valence-corrected chi connectivity index (χ2v) is 5.14. The largest absolute Gasteiger partial charge is 0.260 e. The van der Waals surface area contributed by atoms with Crippen molar-refractivity contribution in [2.24, 2.45) is 0 Å². The minimum Gasteiger partial charge on any atom is -0.260 e. The fourth-order valence-corrected chi connectivity index (χ4v) is 1.71. The van der Waals surface area contributed by atoms with Crippen molar-refractivity contribution in [3.05, 3.63) is 23.5 Å². The van der Waals surface area contributed by atoms with Crippen LogP contribution in [0.1, 0.15) is 32.0 Å². The topological polar surface area (TPSA) is 12.9 Å². The fraction of sp³-hybridized carbons (Fsp3) is 0.545. The first kappa shape index (κ1) is 10.6. The van der Waals surface area contributed by atoms with Gasteiger partial charge in [-0.3, -0.25) is 4.98 Å². The van der Waals surface area contributed by atoms with Gasteiger partial charge in [-0.15, -0.1) is 11.8 Å². The van der Waals surface area contributed by atoms with Crippen molar-refractivity contribution in [2.75, 3.05) is 6.26 Å². The molecule has 0 amide bonds. The molecular formula is C11H17NS. The molecule has 0 aromatic carbocycles.